The van der Waals surface area contributed by atoms with Crippen molar-refractivity contribution in [1.82, 2.24) is 9.97 Å². The first-order chi connectivity index (χ1) is 12.6. The number of hydrogen-bond acceptors (Lipinski definition) is 6. The van der Waals surface area contributed by atoms with Gasteiger partial charge < -0.3 is 14.2 Å². The summed E-state index contributed by atoms with van der Waals surface area (Å²) in [6, 6.07) is 8.26. The lowest BCUT2D eigenvalue weighted by Gasteiger charge is -2.18. The van der Waals surface area contributed by atoms with Gasteiger partial charge in [0.15, 0.2) is 23.9 Å². The van der Waals surface area contributed by atoms with Crippen LogP contribution in [0.15, 0.2) is 36.7 Å². The van der Waals surface area contributed by atoms with Crippen molar-refractivity contribution < 1.29 is 19.0 Å². The molecule has 0 saturated heterocycles. The van der Waals surface area contributed by atoms with Crippen molar-refractivity contribution in [2.75, 3.05) is 19.8 Å². The number of ketones is 1. The van der Waals surface area contributed by atoms with E-state index in [4.69, 9.17) is 37.4 Å². The molecule has 1 aromatic heterocycles. The Labute approximate surface area is 158 Å². The minimum absolute atomic E-state index is 0.199. The molecule has 1 aliphatic rings. The van der Waals surface area contributed by atoms with Gasteiger partial charge in [0.1, 0.15) is 19.5 Å². The van der Waals surface area contributed by atoms with Crippen LogP contribution in [0.1, 0.15) is 10.4 Å². The normalized spacial score (nSPS) is 12.8. The van der Waals surface area contributed by atoms with E-state index in [0.29, 0.717) is 51.2 Å². The number of nitrogens with zero attached hydrogens (tertiary/aromatic N) is 2. The maximum Gasteiger partial charge on any atom is 0.225 e. The smallest absolute Gasteiger partial charge is 0.225 e. The van der Waals surface area contributed by atoms with Crippen LogP contribution in [0.3, 0.4) is 0 Å². The second kappa shape index (κ2) is 6.97. The van der Waals surface area contributed by atoms with E-state index in [9.17, 15) is 4.79 Å². The van der Waals surface area contributed by atoms with E-state index in [0.717, 1.165) is 0 Å². The Morgan fingerprint density at radius 1 is 1.08 bits per heavy atom. The summed E-state index contributed by atoms with van der Waals surface area (Å²) in [5, 5.41) is 1.36. The Balaban J connectivity index is 1.56. The second-order valence-electron chi connectivity index (χ2n) is 5.53. The van der Waals surface area contributed by atoms with Crippen LogP contribution in [0, 0.1) is 0 Å². The van der Waals surface area contributed by atoms with Crippen LogP contribution in [0.5, 0.6) is 17.4 Å². The molecule has 132 valence electrons. The number of fused-ring (bicyclic) bond motifs is 2. The fourth-order valence-electron chi connectivity index (χ4n) is 2.62. The molecule has 0 amide bonds. The molecular weight excluding hydrogens is 379 g/mol. The van der Waals surface area contributed by atoms with Crippen LogP contribution in [-0.2, 0) is 0 Å². The number of halogens is 2. The number of benzene rings is 2. The predicted octanol–water partition coefficient (Wildman–Crippen LogP) is 3.97. The molecule has 2 heterocycles. The molecule has 6 nitrogen and oxygen atoms in total. The molecule has 0 radical (unpaired) electrons. The van der Waals surface area contributed by atoms with Crippen molar-refractivity contribution in [2.45, 2.75) is 0 Å². The highest BCUT2D eigenvalue weighted by atomic mass is 35.5. The van der Waals surface area contributed by atoms with E-state index >= 15 is 0 Å². The Bertz CT molecular complexity index is 1010. The van der Waals surface area contributed by atoms with Crippen molar-refractivity contribution in [3.8, 4) is 17.4 Å². The Kier molecular flexibility index (Phi) is 4.53. The molecule has 8 heteroatoms. The van der Waals surface area contributed by atoms with Crippen LogP contribution in [0.4, 0.5) is 0 Å². The summed E-state index contributed by atoms with van der Waals surface area (Å²) < 4.78 is 16.5. The van der Waals surface area contributed by atoms with Gasteiger partial charge in [0.2, 0.25) is 5.88 Å². The van der Waals surface area contributed by atoms with Crippen molar-refractivity contribution >= 4 is 39.9 Å². The molecular formula is C18H12Cl2N2O4. The molecule has 0 unspecified atom stereocenters. The third-order valence-corrected chi connectivity index (χ3v) is 4.33. The van der Waals surface area contributed by atoms with Gasteiger partial charge in [-0.3, -0.25) is 4.79 Å². The van der Waals surface area contributed by atoms with Crippen molar-refractivity contribution in [1.29, 1.82) is 0 Å². The molecule has 0 aliphatic carbocycles. The zero-order chi connectivity index (χ0) is 18.1. The van der Waals surface area contributed by atoms with Crippen LogP contribution < -0.4 is 14.2 Å². The van der Waals surface area contributed by atoms with Gasteiger partial charge in [-0.2, -0.15) is 0 Å². The van der Waals surface area contributed by atoms with Crippen molar-refractivity contribution in [3.05, 3.63) is 52.3 Å². The first-order valence-electron chi connectivity index (χ1n) is 7.77. The summed E-state index contributed by atoms with van der Waals surface area (Å²) in [6.07, 6.45) is 1.33. The fourth-order valence-corrected chi connectivity index (χ4v) is 3.16. The van der Waals surface area contributed by atoms with Crippen LogP contribution in [-0.4, -0.2) is 35.6 Å². The molecule has 0 bridgehead atoms. The Hall–Kier alpha value is -2.57. The van der Waals surface area contributed by atoms with E-state index in [-0.39, 0.29) is 18.3 Å². The average molecular weight is 391 g/mol. The third-order valence-electron chi connectivity index (χ3n) is 3.82. The quantitative estimate of drug-likeness (QED) is 0.627. The number of rotatable bonds is 4. The lowest BCUT2D eigenvalue weighted by atomic mass is 10.1. The summed E-state index contributed by atoms with van der Waals surface area (Å²) >= 11 is 12.2. The monoisotopic (exact) mass is 390 g/mol. The topological polar surface area (TPSA) is 70.5 Å². The number of aromatic nitrogens is 2. The maximum atomic E-state index is 12.5. The van der Waals surface area contributed by atoms with Gasteiger partial charge in [-0.25, -0.2) is 9.97 Å². The highest BCUT2D eigenvalue weighted by molar-refractivity contribution is 6.38. The number of carbonyl (C=O) groups excluding carboxylic acids is 1. The average Bonchev–Trinajstić information content (AvgIpc) is 2.65. The SMILES string of the molecule is O=C(COc1ncnc2c(Cl)cc(Cl)cc12)c1ccc2c(c1)OCCO2. The van der Waals surface area contributed by atoms with Crippen LogP contribution in [0.25, 0.3) is 10.9 Å². The molecule has 4 rings (SSSR count). The highest BCUT2D eigenvalue weighted by Crippen LogP contribution is 2.32. The number of ether oxygens (including phenoxy) is 3. The number of hydrogen-bond donors (Lipinski definition) is 0. The van der Waals surface area contributed by atoms with Gasteiger partial charge >= 0.3 is 0 Å². The van der Waals surface area contributed by atoms with Gasteiger partial charge in [0.25, 0.3) is 0 Å². The van der Waals surface area contributed by atoms with Gasteiger partial charge in [-0.1, -0.05) is 23.2 Å². The molecule has 3 aromatic rings. The van der Waals surface area contributed by atoms with Crippen LogP contribution in [0.2, 0.25) is 10.0 Å². The summed E-state index contributed by atoms with van der Waals surface area (Å²) in [6.45, 7) is 0.751. The molecule has 0 N–H and O–H groups in total. The number of Topliss-reactive ketones (excluding diaryl/α,β-unsaturated/α-hetero) is 1. The van der Waals surface area contributed by atoms with E-state index in [1.807, 2.05) is 0 Å². The van der Waals surface area contributed by atoms with Crippen molar-refractivity contribution in [2.24, 2.45) is 0 Å². The maximum absolute atomic E-state index is 12.5. The zero-order valence-electron chi connectivity index (χ0n) is 13.4. The molecule has 0 spiro atoms. The summed E-state index contributed by atoms with van der Waals surface area (Å²) in [5.41, 5.74) is 0.969. The molecule has 0 saturated carbocycles. The van der Waals surface area contributed by atoms with Gasteiger partial charge in [0, 0.05) is 10.6 Å². The van der Waals surface area contributed by atoms with Gasteiger partial charge in [-0.05, 0) is 30.3 Å². The first-order valence-corrected chi connectivity index (χ1v) is 8.53. The summed E-state index contributed by atoms with van der Waals surface area (Å²) in [7, 11) is 0. The molecule has 1 aliphatic heterocycles. The number of carbonyl (C=O) groups is 1. The highest BCUT2D eigenvalue weighted by Gasteiger charge is 2.16. The van der Waals surface area contributed by atoms with E-state index in [2.05, 4.69) is 9.97 Å². The first kappa shape index (κ1) is 16.9. The fraction of sp³-hybridized carbons (Fsp3) is 0.167. The van der Waals surface area contributed by atoms with E-state index in [1.54, 1.807) is 30.3 Å². The zero-order valence-corrected chi connectivity index (χ0v) is 14.9. The summed E-state index contributed by atoms with van der Waals surface area (Å²) in [4.78, 5) is 20.7. The second-order valence-corrected chi connectivity index (χ2v) is 6.38. The predicted molar refractivity (Wildman–Crippen MR) is 96.8 cm³/mol. The van der Waals surface area contributed by atoms with Crippen molar-refractivity contribution in [3.63, 3.8) is 0 Å². The lowest BCUT2D eigenvalue weighted by Crippen LogP contribution is -2.17. The van der Waals surface area contributed by atoms with Crippen LogP contribution >= 0.6 is 23.2 Å². The molecule has 0 atom stereocenters. The largest absolute Gasteiger partial charge is 0.486 e. The minimum Gasteiger partial charge on any atom is -0.486 e. The molecule has 2 aromatic carbocycles. The molecule has 26 heavy (non-hydrogen) atoms. The Morgan fingerprint density at radius 2 is 1.88 bits per heavy atom. The van der Waals surface area contributed by atoms with E-state index < -0.39 is 0 Å². The minimum atomic E-state index is -0.220. The van der Waals surface area contributed by atoms with Gasteiger partial charge in [0.05, 0.1) is 15.9 Å². The standard InChI is InChI=1S/C18H12Cl2N2O4/c19-11-6-12-17(13(20)7-11)21-9-22-18(12)26-8-14(23)10-1-2-15-16(5-10)25-4-3-24-15/h1-2,5-7,9H,3-4,8H2. The van der Waals surface area contributed by atoms with Gasteiger partial charge in [-0.15, -0.1) is 0 Å². The van der Waals surface area contributed by atoms with E-state index in [1.165, 1.54) is 6.33 Å². The Morgan fingerprint density at radius 3 is 2.73 bits per heavy atom. The molecule has 0 fully saturated rings. The third kappa shape index (κ3) is 3.25. The summed E-state index contributed by atoms with van der Waals surface area (Å²) in [5.74, 6) is 1.19. The lowest BCUT2D eigenvalue weighted by molar-refractivity contribution is 0.0918.